The van der Waals surface area contributed by atoms with E-state index in [1.54, 1.807) is 11.4 Å². The van der Waals surface area contributed by atoms with Gasteiger partial charge in [-0.15, -0.1) is 10.2 Å². The second-order valence-electron chi connectivity index (χ2n) is 6.52. The highest BCUT2D eigenvalue weighted by Gasteiger charge is 2.22. The summed E-state index contributed by atoms with van der Waals surface area (Å²) in [6, 6.07) is 7.93. The van der Waals surface area contributed by atoms with Crippen molar-refractivity contribution >= 4 is 16.9 Å². The summed E-state index contributed by atoms with van der Waals surface area (Å²) in [4.78, 5) is 27.1. The Morgan fingerprint density at radius 1 is 1.12 bits per heavy atom. The van der Waals surface area contributed by atoms with Crippen LogP contribution < -0.4 is 11.2 Å². The molecule has 0 fully saturated rings. The molecule has 0 amide bonds. The quantitative estimate of drug-likeness (QED) is 0.607. The molecule has 8 heteroatoms. The maximum Gasteiger partial charge on any atom is 0.329 e. The van der Waals surface area contributed by atoms with Crippen molar-refractivity contribution in [3.63, 3.8) is 0 Å². The van der Waals surface area contributed by atoms with Crippen molar-refractivity contribution in [2.24, 2.45) is 7.05 Å². The largest absolute Gasteiger partial charge is 0.329 e. The highest BCUT2D eigenvalue weighted by atomic mass is 16.2. The number of nitrogens with zero attached hydrogens (tertiary/aromatic N) is 5. The number of unbranched alkanes of at least 4 members (excludes halogenated alkanes) is 1. The Morgan fingerprint density at radius 2 is 1.85 bits per heavy atom. The molecule has 26 heavy (non-hydrogen) atoms. The lowest BCUT2D eigenvalue weighted by atomic mass is 10.1. The number of aryl methyl sites for hydroxylation is 3. The van der Waals surface area contributed by atoms with Gasteiger partial charge in [0.1, 0.15) is 0 Å². The summed E-state index contributed by atoms with van der Waals surface area (Å²) >= 11 is 0. The van der Waals surface area contributed by atoms with Gasteiger partial charge in [-0.1, -0.05) is 43.2 Å². The summed E-state index contributed by atoms with van der Waals surface area (Å²) in [7, 11) is 1.64. The molecule has 134 valence electrons. The lowest BCUT2D eigenvalue weighted by Gasteiger charge is -2.04. The van der Waals surface area contributed by atoms with E-state index in [9.17, 15) is 9.59 Å². The summed E-state index contributed by atoms with van der Waals surface area (Å²) in [5.74, 6) is 1.18. The van der Waals surface area contributed by atoms with Crippen molar-refractivity contribution in [2.75, 3.05) is 0 Å². The molecule has 0 atom stereocenters. The minimum atomic E-state index is -0.458. The summed E-state index contributed by atoms with van der Waals surface area (Å²) in [6.45, 7) is 4.74. The highest BCUT2D eigenvalue weighted by molar-refractivity contribution is 5.79. The highest BCUT2D eigenvalue weighted by Crippen LogP contribution is 2.24. The monoisotopic (exact) mass is 352 g/mol. The number of aromatic amines is 1. The zero-order valence-corrected chi connectivity index (χ0v) is 15.0. The van der Waals surface area contributed by atoms with Gasteiger partial charge in [0.15, 0.2) is 17.0 Å². The number of rotatable bonds is 4. The van der Waals surface area contributed by atoms with E-state index < -0.39 is 11.2 Å². The summed E-state index contributed by atoms with van der Waals surface area (Å²) in [5, 5.41) is 8.67. The van der Waals surface area contributed by atoms with E-state index in [0.717, 1.165) is 24.0 Å². The molecule has 3 heterocycles. The standard InChI is InChI=1S/C18H20N6O2/c1-4-5-10-23-13-15(25)19-18(26)22(3)16(13)24-14(20-21-17(23)24)12-8-6-11(2)7-9-12/h6-9H,4-5,10H2,1-3H3,(H,19,25,26). The van der Waals surface area contributed by atoms with E-state index in [2.05, 4.69) is 22.1 Å². The summed E-state index contributed by atoms with van der Waals surface area (Å²) < 4.78 is 5.08. The van der Waals surface area contributed by atoms with Gasteiger partial charge in [0, 0.05) is 19.2 Å². The fraction of sp³-hybridized carbons (Fsp3) is 0.333. The molecule has 8 nitrogen and oxygen atoms in total. The normalized spacial score (nSPS) is 11.7. The molecule has 0 unspecified atom stereocenters. The zero-order valence-electron chi connectivity index (χ0n) is 15.0. The third-order valence-electron chi connectivity index (χ3n) is 4.68. The third-order valence-corrected chi connectivity index (χ3v) is 4.68. The minimum absolute atomic E-state index is 0.403. The first kappa shape index (κ1) is 16.3. The molecule has 0 radical (unpaired) electrons. The molecule has 0 aliphatic carbocycles. The number of H-pyrrole nitrogens is 1. The van der Waals surface area contributed by atoms with E-state index in [-0.39, 0.29) is 0 Å². The van der Waals surface area contributed by atoms with Crippen LogP contribution in [0.15, 0.2) is 33.9 Å². The molecule has 1 aromatic carbocycles. The van der Waals surface area contributed by atoms with Crippen molar-refractivity contribution in [1.82, 2.24) is 28.7 Å². The predicted octanol–water partition coefficient (Wildman–Crippen LogP) is 1.85. The number of benzene rings is 1. The van der Waals surface area contributed by atoms with Crippen molar-refractivity contribution in [1.29, 1.82) is 0 Å². The van der Waals surface area contributed by atoms with Gasteiger partial charge in [-0.2, -0.15) is 0 Å². The van der Waals surface area contributed by atoms with Gasteiger partial charge in [-0.3, -0.25) is 14.3 Å². The van der Waals surface area contributed by atoms with Crippen molar-refractivity contribution in [2.45, 2.75) is 33.2 Å². The van der Waals surface area contributed by atoms with Crippen molar-refractivity contribution in [3.8, 4) is 11.4 Å². The van der Waals surface area contributed by atoms with Crippen molar-refractivity contribution < 1.29 is 0 Å². The van der Waals surface area contributed by atoms with Crippen LogP contribution in [0.5, 0.6) is 0 Å². The first-order chi connectivity index (χ1) is 12.5. The van der Waals surface area contributed by atoms with Crippen LogP contribution in [-0.2, 0) is 13.6 Å². The van der Waals surface area contributed by atoms with Crippen LogP contribution in [0.1, 0.15) is 25.3 Å². The van der Waals surface area contributed by atoms with E-state index in [1.807, 2.05) is 35.8 Å². The fourth-order valence-electron chi connectivity index (χ4n) is 3.26. The average molecular weight is 352 g/mol. The maximum absolute atomic E-state index is 12.5. The second kappa shape index (κ2) is 5.98. The van der Waals surface area contributed by atoms with E-state index in [4.69, 9.17) is 0 Å². The molecule has 0 saturated heterocycles. The zero-order chi connectivity index (χ0) is 18.4. The van der Waals surface area contributed by atoms with Gasteiger partial charge in [-0.05, 0) is 13.3 Å². The van der Waals surface area contributed by atoms with Gasteiger partial charge >= 0.3 is 5.69 Å². The number of imidazole rings is 1. The molecule has 4 rings (SSSR count). The number of aromatic nitrogens is 6. The minimum Gasteiger partial charge on any atom is -0.302 e. The Balaban J connectivity index is 2.15. The molecule has 1 N–H and O–H groups in total. The fourth-order valence-corrected chi connectivity index (χ4v) is 3.26. The Bertz CT molecular complexity index is 1220. The smallest absolute Gasteiger partial charge is 0.302 e. The molecule has 3 aromatic heterocycles. The van der Waals surface area contributed by atoms with Gasteiger partial charge < -0.3 is 4.57 Å². The predicted molar refractivity (Wildman–Crippen MR) is 99.4 cm³/mol. The molecular weight excluding hydrogens is 332 g/mol. The van der Waals surface area contributed by atoms with E-state index in [0.29, 0.717) is 29.3 Å². The molecular formula is C18H20N6O2. The first-order valence-corrected chi connectivity index (χ1v) is 8.66. The Morgan fingerprint density at radius 3 is 2.54 bits per heavy atom. The first-order valence-electron chi connectivity index (χ1n) is 8.66. The van der Waals surface area contributed by atoms with Gasteiger partial charge in [-0.25, -0.2) is 9.20 Å². The molecule has 4 aromatic rings. The Kier molecular flexibility index (Phi) is 3.75. The van der Waals surface area contributed by atoms with Crippen LogP contribution in [0.2, 0.25) is 0 Å². The molecule has 0 bridgehead atoms. The third kappa shape index (κ3) is 2.29. The number of fused-ring (bicyclic) bond motifs is 3. The van der Waals surface area contributed by atoms with Gasteiger partial charge in [0.25, 0.3) is 5.56 Å². The van der Waals surface area contributed by atoms with E-state index in [1.165, 1.54) is 4.57 Å². The molecule has 0 saturated carbocycles. The van der Waals surface area contributed by atoms with Crippen molar-refractivity contribution in [3.05, 3.63) is 50.7 Å². The maximum atomic E-state index is 12.5. The van der Waals surface area contributed by atoms with Crippen LogP contribution in [-0.4, -0.2) is 28.7 Å². The summed E-state index contributed by atoms with van der Waals surface area (Å²) in [6.07, 6.45) is 1.88. The van der Waals surface area contributed by atoms with Crippen LogP contribution in [0.25, 0.3) is 28.3 Å². The Labute approximate surface area is 148 Å². The second-order valence-corrected chi connectivity index (χ2v) is 6.52. The Hall–Kier alpha value is -3.16. The van der Waals surface area contributed by atoms with E-state index >= 15 is 0 Å². The van der Waals surface area contributed by atoms with Gasteiger partial charge in [0.2, 0.25) is 5.78 Å². The topological polar surface area (TPSA) is 90.0 Å². The van der Waals surface area contributed by atoms with Crippen LogP contribution in [0.4, 0.5) is 0 Å². The molecule has 0 spiro atoms. The average Bonchev–Trinajstić information content (AvgIpc) is 3.17. The SMILES string of the molecule is CCCCn1c2c(=O)[nH]c(=O)n(C)c2n2c(-c3ccc(C)cc3)nnc12. The lowest BCUT2D eigenvalue weighted by Crippen LogP contribution is -2.29. The lowest BCUT2D eigenvalue weighted by molar-refractivity contribution is 0.653. The van der Waals surface area contributed by atoms with Crippen LogP contribution >= 0.6 is 0 Å². The number of hydrogen-bond donors (Lipinski definition) is 1. The summed E-state index contributed by atoms with van der Waals surface area (Å²) in [5.41, 5.74) is 2.11. The van der Waals surface area contributed by atoms with Crippen LogP contribution in [0.3, 0.4) is 0 Å². The molecule has 0 aliphatic heterocycles. The van der Waals surface area contributed by atoms with Crippen LogP contribution in [0, 0.1) is 6.92 Å². The van der Waals surface area contributed by atoms with Gasteiger partial charge in [0.05, 0.1) is 0 Å². The number of nitrogens with one attached hydrogen (secondary N) is 1. The number of hydrogen-bond acceptors (Lipinski definition) is 4. The molecule has 0 aliphatic rings.